The van der Waals surface area contributed by atoms with Crippen LogP contribution in [-0.4, -0.2) is 76.4 Å². The number of ether oxygens (including phenoxy) is 1. The Morgan fingerprint density at radius 1 is 1.16 bits per heavy atom. The van der Waals surface area contributed by atoms with Crippen molar-refractivity contribution >= 4 is 5.91 Å². The molecule has 7 nitrogen and oxygen atoms in total. The minimum absolute atomic E-state index is 0.0256. The van der Waals surface area contributed by atoms with E-state index in [2.05, 4.69) is 19.7 Å². The second-order valence-electron chi connectivity index (χ2n) is 7.73. The number of piperidine rings is 1. The van der Waals surface area contributed by atoms with E-state index in [-0.39, 0.29) is 18.1 Å². The second-order valence-corrected chi connectivity index (χ2v) is 7.73. The van der Waals surface area contributed by atoms with Crippen molar-refractivity contribution in [2.45, 2.75) is 63.1 Å². The molecule has 0 aliphatic carbocycles. The number of aromatic nitrogens is 3. The lowest BCUT2D eigenvalue weighted by Gasteiger charge is -2.34. The van der Waals surface area contributed by atoms with Gasteiger partial charge in [0.05, 0.1) is 12.1 Å². The van der Waals surface area contributed by atoms with Crippen LogP contribution in [0.3, 0.4) is 0 Å². The van der Waals surface area contributed by atoms with E-state index in [1.54, 1.807) is 7.11 Å². The normalized spacial score (nSPS) is 28.3. The zero-order valence-corrected chi connectivity index (χ0v) is 15.4. The molecule has 0 N–H and O–H groups in total. The van der Waals surface area contributed by atoms with Gasteiger partial charge in [0, 0.05) is 45.6 Å². The molecule has 4 heterocycles. The number of fused-ring (bicyclic) bond motifs is 1. The Labute approximate surface area is 149 Å². The fraction of sp³-hybridized carbons (Fsp3) is 0.833. The van der Waals surface area contributed by atoms with Crippen molar-refractivity contribution in [3.05, 3.63) is 11.6 Å². The van der Waals surface area contributed by atoms with Crippen molar-refractivity contribution in [3.63, 3.8) is 0 Å². The largest absolute Gasteiger partial charge is 0.380 e. The number of aryl methyl sites for hydroxylation is 1. The summed E-state index contributed by atoms with van der Waals surface area (Å²) in [7, 11) is 3.76. The highest BCUT2D eigenvalue weighted by Gasteiger charge is 2.38. The van der Waals surface area contributed by atoms with Crippen LogP contribution in [0.1, 0.15) is 49.7 Å². The first kappa shape index (κ1) is 17.0. The molecule has 0 saturated carbocycles. The van der Waals surface area contributed by atoms with Crippen molar-refractivity contribution in [1.82, 2.24) is 24.6 Å². The first-order valence-electron chi connectivity index (χ1n) is 9.61. The topological polar surface area (TPSA) is 63.5 Å². The number of nitrogens with zero attached hydrogens (tertiary/aromatic N) is 5. The van der Waals surface area contributed by atoms with E-state index >= 15 is 0 Å². The Kier molecular flexibility index (Phi) is 4.78. The molecule has 2 saturated heterocycles. The molecule has 3 aliphatic heterocycles. The van der Waals surface area contributed by atoms with Crippen molar-refractivity contribution in [3.8, 4) is 0 Å². The summed E-state index contributed by atoms with van der Waals surface area (Å²) < 4.78 is 7.77. The van der Waals surface area contributed by atoms with Gasteiger partial charge in [0.1, 0.15) is 11.6 Å². The molecule has 3 aliphatic rings. The molecule has 25 heavy (non-hydrogen) atoms. The van der Waals surface area contributed by atoms with Crippen LogP contribution >= 0.6 is 0 Å². The van der Waals surface area contributed by atoms with Crippen LogP contribution < -0.4 is 0 Å². The molecule has 0 spiro atoms. The highest BCUT2D eigenvalue weighted by atomic mass is 16.5. The Morgan fingerprint density at radius 3 is 2.68 bits per heavy atom. The van der Waals surface area contributed by atoms with Gasteiger partial charge >= 0.3 is 0 Å². The molecule has 7 heteroatoms. The lowest BCUT2D eigenvalue weighted by molar-refractivity contribution is -0.136. The van der Waals surface area contributed by atoms with E-state index in [1.165, 1.54) is 12.8 Å². The molecule has 138 valence electrons. The third-order valence-electron chi connectivity index (χ3n) is 6.19. The van der Waals surface area contributed by atoms with Gasteiger partial charge in [-0.2, -0.15) is 0 Å². The van der Waals surface area contributed by atoms with Gasteiger partial charge in [-0.25, -0.2) is 0 Å². The van der Waals surface area contributed by atoms with Gasteiger partial charge in [-0.05, 0) is 39.2 Å². The summed E-state index contributed by atoms with van der Waals surface area (Å²) >= 11 is 0. The SMILES string of the molecule is CO[C@H]1C[C@@H](C(=O)N2CCC(c3nnc4n3CCCC4)CC2)N(C)C1. The predicted molar refractivity (Wildman–Crippen MR) is 93.3 cm³/mol. The summed E-state index contributed by atoms with van der Waals surface area (Å²) in [6, 6.07) is -0.0256. The molecule has 1 aromatic rings. The standard InChI is InChI=1S/C18H29N5O2/c1-21-12-14(25-2)11-15(21)18(24)22-9-6-13(7-10-22)17-20-19-16-5-3-4-8-23(16)17/h13-15H,3-12H2,1-2H3/t14-,15-/m0/s1. The average Bonchev–Trinajstić information content (AvgIpc) is 3.24. The van der Waals surface area contributed by atoms with Crippen LogP contribution in [0.25, 0.3) is 0 Å². The summed E-state index contributed by atoms with van der Waals surface area (Å²) in [5, 5.41) is 8.88. The molecular weight excluding hydrogens is 318 g/mol. The van der Waals surface area contributed by atoms with Gasteiger partial charge in [0.25, 0.3) is 0 Å². The third kappa shape index (κ3) is 3.19. The molecule has 2 fully saturated rings. The predicted octanol–water partition coefficient (Wildman–Crippen LogP) is 1.04. The number of likely N-dealkylation sites (tertiary alicyclic amines) is 2. The highest BCUT2D eigenvalue weighted by molar-refractivity contribution is 5.82. The number of likely N-dealkylation sites (N-methyl/N-ethyl adjacent to an activating group) is 1. The lowest BCUT2D eigenvalue weighted by Crippen LogP contribution is -2.47. The van der Waals surface area contributed by atoms with E-state index < -0.39 is 0 Å². The molecular formula is C18H29N5O2. The van der Waals surface area contributed by atoms with Crippen LogP contribution in [0, 0.1) is 0 Å². The van der Waals surface area contributed by atoms with Gasteiger partial charge in [-0.3, -0.25) is 9.69 Å². The maximum atomic E-state index is 12.9. The Balaban J connectivity index is 1.37. The number of hydrogen-bond acceptors (Lipinski definition) is 5. The molecule has 0 aromatic carbocycles. The molecule has 1 amide bonds. The Hall–Kier alpha value is -1.47. The molecule has 1 aromatic heterocycles. The van der Waals surface area contributed by atoms with Crippen LogP contribution in [0.15, 0.2) is 0 Å². The van der Waals surface area contributed by atoms with Gasteiger partial charge in [-0.15, -0.1) is 10.2 Å². The van der Waals surface area contributed by atoms with Gasteiger partial charge < -0.3 is 14.2 Å². The molecule has 4 rings (SSSR count). The number of rotatable bonds is 3. The maximum Gasteiger partial charge on any atom is 0.240 e. The summed E-state index contributed by atoms with van der Waals surface area (Å²) in [6.07, 6.45) is 6.48. The van der Waals surface area contributed by atoms with Crippen molar-refractivity contribution < 1.29 is 9.53 Å². The van der Waals surface area contributed by atoms with Crippen LogP contribution in [0.2, 0.25) is 0 Å². The Bertz CT molecular complexity index is 623. The number of methoxy groups -OCH3 is 1. The van der Waals surface area contributed by atoms with Crippen molar-refractivity contribution in [2.75, 3.05) is 33.8 Å². The minimum atomic E-state index is -0.0256. The van der Waals surface area contributed by atoms with Crippen molar-refractivity contribution in [1.29, 1.82) is 0 Å². The monoisotopic (exact) mass is 347 g/mol. The molecule has 0 unspecified atom stereocenters. The quantitative estimate of drug-likeness (QED) is 0.817. The van der Waals surface area contributed by atoms with Crippen LogP contribution in [-0.2, 0) is 22.5 Å². The van der Waals surface area contributed by atoms with E-state index in [1.807, 2.05) is 11.9 Å². The lowest BCUT2D eigenvalue weighted by atomic mass is 9.95. The molecule has 2 atom stereocenters. The average molecular weight is 347 g/mol. The fourth-order valence-corrected chi connectivity index (χ4v) is 4.61. The fourth-order valence-electron chi connectivity index (χ4n) is 4.61. The number of hydrogen-bond donors (Lipinski definition) is 0. The van der Waals surface area contributed by atoms with Gasteiger partial charge in [0.15, 0.2) is 0 Å². The van der Waals surface area contributed by atoms with E-state index in [4.69, 9.17) is 4.74 Å². The first-order chi connectivity index (χ1) is 12.2. The zero-order chi connectivity index (χ0) is 17.4. The zero-order valence-electron chi connectivity index (χ0n) is 15.4. The van der Waals surface area contributed by atoms with E-state index in [9.17, 15) is 4.79 Å². The maximum absolute atomic E-state index is 12.9. The van der Waals surface area contributed by atoms with Gasteiger partial charge in [0.2, 0.25) is 5.91 Å². The van der Waals surface area contributed by atoms with E-state index in [0.717, 1.165) is 63.5 Å². The number of carbonyl (C=O) groups excluding carboxylic acids is 1. The number of amides is 1. The van der Waals surface area contributed by atoms with Crippen molar-refractivity contribution in [2.24, 2.45) is 0 Å². The molecule has 0 radical (unpaired) electrons. The van der Waals surface area contributed by atoms with Crippen LogP contribution in [0.4, 0.5) is 0 Å². The highest BCUT2D eigenvalue weighted by Crippen LogP contribution is 2.30. The Morgan fingerprint density at radius 2 is 1.96 bits per heavy atom. The summed E-state index contributed by atoms with van der Waals surface area (Å²) in [5.41, 5.74) is 0. The smallest absolute Gasteiger partial charge is 0.240 e. The van der Waals surface area contributed by atoms with E-state index in [0.29, 0.717) is 5.92 Å². The molecule has 0 bridgehead atoms. The minimum Gasteiger partial charge on any atom is -0.380 e. The van der Waals surface area contributed by atoms with Gasteiger partial charge in [-0.1, -0.05) is 0 Å². The summed E-state index contributed by atoms with van der Waals surface area (Å²) in [5.74, 6) is 3.01. The second kappa shape index (κ2) is 7.03. The third-order valence-corrected chi connectivity index (χ3v) is 6.19. The van der Waals surface area contributed by atoms with Crippen LogP contribution in [0.5, 0.6) is 0 Å². The number of carbonyl (C=O) groups is 1. The summed E-state index contributed by atoms with van der Waals surface area (Å²) in [6.45, 7) is 3.55. The first-order valence-corrected chi connectivity index (χ1v) is 9.61. The summed E-state index contributed by atoms with van der Waals surface area (Å²) in [4.78, 5) is 17.1.